The van der Waals surface area contributed by atoms with Crippen LogP contribution in [0, 0.1) is 12.7 Å². The Morgan fingerprint density at radius 2 is 1.83 bits per heavy atom. The summed E-state index contributed by atoms with van der Waals surface area (Å²) in [6.45, 7) is 1.52. The van der Waals surface area contributed by atoms with E-state index < -0.39 is 17.7 Å². The molecule has 1 amide bonds. The summed E-state index contributed by atoms with van der Waals surface area (Å²) in [7, 11) is 0. The number of hydrogen-bond acceptors (Lipinski definition) is 4. The monoisotopic (exact) mass is 348 g/mol. The van der Waals surface area contributed by atoms with Crippen LogP contribution in [-0.4, -0.2) is 27.2 Å². The number of aromatic carboxylic acids is 1. The molecule has 6 nitrogen and oxygen atoms in total. The van der Waals surface area contributed by atoms with Crippen LogP contribution in [0.3, 0.4) is 0 Å². The quantitative estimate of drug-likeness (QED) is 0.503. The summed E-state index contributed by atoms with van der Waals surface area (Å²) in [4.78, 5) is 23.0. The van der Waals surface area contributed by atoms with Gasteiger partial charge < -0.3 is 15.5 Å². The molecule has 0 atom stereocenters. The van der Waals surface area contributed by atoms with Gasteiger partial charge in [-0.3, -0.25) is 10.1 Å². The Balaban J connectivity index is 2.14. The van der Waals surface area contributed by atoms with Gasteiger partial charge in [-0.25, -0.2) is 9.18 Å². The highest BCUT2D eigenvalue weighted by atomic mass is 32.1. The van der Waals surface area contributed by atoms with E-state index in [9.17, 15) is 19.1 Å². The number of carbonyl (C=O) groups is 2. The van der Waals surface area contributed by atoms with Gasteiger partial charge in [0.25, 0.3) is 5.91 Å². The number of halogens is 1. The first kappa shape index (κ1) is 17.4. The molecule has 2 aromatic rings. The SMILES string of the molecule is Cc1cc(NC(=S)NC(=O)c2ccccc2F)cc(C(=O)O)c1O. The van der Waals surface area contributed by atoms with Crippen molar-refractivity contribution in [3.8, 4) is 5.75 Å². The number of carbonyl (C=O) groups excluding carboxylic acids is 1. The highest BCUT2D eigenvalue weighted by Gasteiger charge is 2.15. The molecule has 8 heteroatoms. The normalized spacial score (nSPS) is 10.1. The molecule has 0 aliphatic heterocycles. The number of phenols is 1. The van der Waals surface area contributed by atoms with Crippen molar-refractivity contribution in [2.75, 3.05) is 5.32 Å². The molecule has 124 valence electrons. The molecular weight excluding hydrogens is 335 g/mol. The van der Waals surface area contributed by atoms with Crippen molar-refractivity contribution in [3.05, 3.63) is 58.9 Å². The summed E-state index contributed by atoms with van der Waals surface area (Å²) in [5, 5.41) is 23.5. The predicted molar refractivity (Wildman–Crippen MR) is 89.9 cm³/mol. The van der Waals surface area contributed by atoms with Crippen molar-refractivity contribution in [1.29, 1.82) is 0 Å². The minimum Gasteiger partial charge on any atom is -0.507 e. The van der Waals surface area contributed by atoms with Crippen LogP contribution in [0.4, 0.5) is 10.1 Å². The summed E-state index contributed by atoms with van der Waals surface area (Å²) in [6.07, 6.45) is 0. The van der Waals surface area contributed by atoms with Crippen LogP contribution in [0.25, 0.3) is 0 Å². The Morgan fingerprint density at radius 3 is 2.46 bits per heavy atom. The van der Waals surface area contributed by atoms with Crippen molar-refractivity contribution in [2.45, 2.75) is 6.92 Å². The Morgan fingerprint density at radius 1 is 1.17 bits per heavy atom. The van der Waals surface area contributed by atoms with E-state index in [0.29, 0.717) is 5.56 Å². The second-order valence-corrected chi connectivity index (χ2v) is 5.29. The van der Waals surface area contributed by atoms with Gasteiger partial charge in [-0.1, -0.05) is 12.1 Å². The van der Waals surface area contributed by atoms with Crippen molar-refractivity contribution < 1.29 is 24.2 Å². The molecule has 0 fully saturated rings. The highest BCUT2D eigenvalue weighted by molar-refractivity contribution is 7.80. The number of rotatable bonds is 3. The lowest BCUT2D eigenvalue weighted by molar-refractivity contribution is 0.0693. The van der Waals surface area contributed by atoms with Gasteiger partial charge in [0.1, 0.15) is 17.1 Å². The van der Waals surface area contributed by atoms with Gasteiger partial charge in [-0.15, -0.1) is 0 Å². The van der Waals surface area contributed by atoms with Crippen molar-refractivity contribution in [2.24, 2.45) is 0 Å². The number of benzene rings is 2. The molecule has 0 spiro atoms. The minimum absolute atomic E-state index is 0.135. The van der Waals surface area contributed by atoms with Gasteiger partial charge in [0, 0.05) is 5.69 Å². The molecule has 0 unspecified atom stereocenters. The Hall–Kier alpha value is -3.00. The van der Waals surface area contributed by atoms with Gasteiger partial charge in [-0.2, -0.15) is 0 Å². The van der Waals surface area contributed by atoms with Crippen molar-refractivity contribution in [1.82, 2.24) is 5.32 Å². The Kier molecular flexibility index (Phi) is 5.10. The Bertz CT molecular complexity index is 839. The van der Waals surface area contributed by atoms with E-state index in [0.717, 1.165) is 6.07 Å². The number of aryl methyl sites for hydroxylation is 1. The first-order valence-electron chi connectivity index (χ1n) is 6.73. The number of nitrogens with one attached hydrogen (secondary N) is 2. The average Bonchev–Trinajstić information content (AvgIpc) is 2.50. The third-order valence-corrected chi connectivity index (χ3v) is 3.34. The van der Waals surface area contributed by atoms with E-state index in [4.69, 9.17) is 17.3 Å². The molecule has 0 bridgehead atoms. The summed E-state index contributed by atoms with van der Waals surface area (Å²) < 4.78 is 13.5. The molecule has 0 aromatic heterocycles. The third kappa shape index (κ3) is 3.85. The lowest BCUT2D eigenvalue weighted by atomic mass is 10.1. The lowest BCUT2D eigenvalue weighted by Crippen LogP contribution is -2.34. The number of amides is 1. The fourth-order valence-corrected chi connectivity index (χ4v) is 2.20. The molecule has 2 aromatic carbocycles. The van der Waals surface area contributed by atoms with Crippen LogP contribution in [0.2, 0.25) is 0 Å². The maximum absolute atomic E-state index is 13.5. The van der Waals surface area contributed by atoms with Gasteiger partial charge in [0.15, 0.2) is 5.11 Å². The molecule has 0 aliphatic rings. The van der Waals surface area contributed by atoms with Crippen molar-refractivity contribution >= 4 is 34.9 Å². The fraction of sp³-hybridized carbons (Fsp3) is 0.0625. The number of carboxylic acid groups (broad SMARTS) is 1. The zero-order valence-electron chi connectivity index (χ0n) is 12.5. The van der Waals surface area contributed by atoms with E-state index in [1.807, 2.05) is 0 Å². The molecule has 24 heavy (non-hydrogen) atoms. The topological polar surface area (TPSA) is 98.7 Å². The number of carboxylic acids is 1. The van der Waals surface area contributed by atoms with E-state index >= 15 is 0 Å². The van der Waals surface area contributed by atoms with Crippen LogP contribution in [0.15, 0.2) is 36.4 Å². The molecule has 4 N–H and O–H groups in total. The molecule has 0 saturated carbocycles. The molecular formula is C16H13FN2O4S. The van der Waals surface area contributed by atoms with Crippen molar-refractivity contribution in [3.63, 3.8) is 0 Å². The second kappa shape index (κ2) is 7.05. The molecule has 0 radical (unpaired) electrons. The summed E-state index contributed by atoms with van der Waals surface area (Å²) in [5.41, 5.74) is 0.109. The number of anilines is 1. The maximum Gasteiger partial charge on any atom is 0.339 e. The van der Waals surface area contributed by atoms with E-state index in [-0.39, 0.29) is 27.7 Å². The van der Waals surface area contributed by atoms with Gasteiger partial charge in [0.2, 0.25) is 0 Å². The van der Waals surface area contributed by atoms with E-state index in [1.165, 1.54) is 37.3 Å². The first-order valence-corrected chi connectivity index (χ1v) is 7.14. The predicted octanol–water partition coefficient (Wildman–Crippen LogP) is 2.66. The average molecular weight is 348 g/mol. The van der Waals surface area contributed by atoms with Gasteiger partial charge >= 0.3 is 5.97 Å². The standard InChI is InChI=1S/C16H13FN2O4S/c1-8-6-9(7-11(13(8)20)15(22)23)18-16(24)19-14(21)10-4-2-3-5-12(10)17/h2-7,20H,1H3,(H,22,23)(H2,18,19,21,24). The Labute approximate surface area is 141 Å². The van der Waals surface area contributed by atoms with Crippen LogP contribution < -0.4 is 10.6 Å². The summed E-state index contributed by atoms with van der Waals surface area (Å²) >= 11 is 4.97. The molecule has 0 aliphatic carbocycles. The molecule has 2 rings (SSSR count). The van der Waals surface area contributed by atoms with Crippen LogP contribution in [0.5, 0.6) is 5.75 Å². The van der Waals surface area contributed by atoms with Crippen LogP contribution in [-0.2, 0) is 0 Å². The fourth-order valence-electron chi connectivity index (χ4n) is 1.99. The zero-order chi connectivity index (χ0) is 17.9. The highest BCUT2D eigenvalue weighted by Crippen LogP contribution is 2.26. The number of aromatic hydroxyl groups is 1. The molecule has 0 heterocycles. The number of hydrogen-bond donors (Lipinski definition) is 4. The van der Waals surface area contributed by atoms with E-state index in [1.54, 1.807) is 0 Å². The minimum atomic E-state index is -1.31. The summed E-state index contributed by atoms with van der Waals surface area (Å²) in [5.74, 6) is -3.08. The lowest BCUT2D eigenvalue weighted by Gasteiger charge is -2.12. The van der Waals surface area contributed by atoms with Crippen LogP contribution >= 0.6 is 12.2 Å². The largest absolute Gasteiger partial charge is 0.507 e. The molecule has 0 saturated heterocycles. The number of thiocarbonyl (C=S) groups is 1. The van der Waals surface area contributed by atoms with Gasteiger partial charge in [-0.05, 0) is 49.0 Å². The third-order valence-electron chi connectivity index (χ3n) is 3.13. The zero-order valence-corrected chi connectivity index (χ0v) is 13.3. The van der Waals surface area contributed by atoms with Gasteiger partial charge in [0.05, 0.1) is 5.56 Å². The van der Waals surface area contributed by atoms with E-state index in [2.05, 4.69) is 10.6 Å². The first-order chi connectivity index (χ1) is 11.3. The second-order valence-electron chi connectivity index (χ2n) is 4.88. The smallest absolute Gasteiger partial charge is 0.339 e. The summed E-state index contributed by atoms with van der Waals surface area (Å²) in [6, 6.07) is 8.05. The van der Waals surface area contributed by atoms with Crippen LogP contribution in [0.1, 0.15) is 26.3 Å². The maximum atomic E-state index is 13.5.